The Labute approximate surface area is 84.6 Å². The highest BCUT2D eigenvalue weighted by Gasteiger charge is 2.27. The summed E-state index contributed by atoms with van der Waals surface area (Å²) in [5.74, 6) is 1.04. The molecule has 0 aromatic carbocycles. The van der Waals surface area contributed by atoms with Crippen molar-refractivity contribution in [3.8, 4) is 0 Å². The van der Waals surface area contributed by atoms with Gasteiger partial charge in [-0.2, -0.15) is 0 Å². The maximum Gasteiger partial charge on any atom is 0.119 e. The molecule has 1 fully saturated rings. The molecule has 13 heavy (non-hydrogen) atoms. The van der Waals surface area contributed by atoms with Gasteiger partial charge in [-0.1, -0.05) is 39.4 Å². The lowest BCUT2D eigenvalue weighted by Crippen LogP contribution is -2.49. The van der Waals surface area contributed by atoms with Gasteiger partial charge in [-0.25, -0.2) is 0 Å². The van der Waals surface area contributed by atoms with Crippen LogP contribution in [0.4, 0.5) is 0 Å². The van der Waals surface area contributed by atoms with Crippen molar-refractivity contribution >= 4 is 8.24 Å². The molecule has 0 amide bonds. The van der Waals surface area contributed by atoms with Gasteiger partial charge in [0.1, 0.15) is 8.24 Å². The summed E-state index contributed by atoms with van der Waals surface area (Å²) in [5, 5.41) is 0. The Morgan fingerprint density at radius 1 is 1.15 bits per heavy atom. The van der Waals surface area contributed by atoms with Crippen LogP contribution in [0.15, 0.2) is 0 Å². The molecule has 2 heteroatoms. The Hall–Kier alpha value is 0.177. The lowest BCUT2D eigenvalue weighted by Gasteiger charge is -2.39. The molecule has 0 aromatic rings. The van der Waals surface area contributed by atoms with Gasteiger partial charge in [0.2, 0.25) is 0 Å². The van der Waals surface area contributed by atoms with Crippen LogP contribution in [0.2, 0.25) is 19.6 Å². The Kier molecular flexibility index (Phi) is 3.99. The highest BCUT2D eigenvalue weighted by molar-refractivity contribution is 6.73. The second kappa shape index (κ2) is 4.60. The van der Waals surface area contributed by atoms with Crippen molar-refractivity contribution in [2.45, 2.75) is 52.2 Å². The van der Waals surface area contributed by atoms with Gasteiger partial charge < -0.3 is 4.57 Å². The fourth-order valence-electron chi connectivity index (χ4n) is 2.30. The molecule has 0 bridgehead atoms. The summed E-state index contributed by atoms with van der Waals surface area (Å²) in [4.78, 5) is 0. The van der Waals surface area contributed by atoms with Crippen molar-refractivity contribution in [1.82, 2.24) is 4.57 Å². The molecule has 1 nitrogen and oxygen atoms in total. The predicted molar refractivity (Wildman–Crippen MR) is 62.6 cm³/mol. The summed E-state index contributed by atoms with van der Waals surface area (Å²) in [6, 6.07) is 0. The van der Waals surface area contributed by atoms with Crippen molar-refractivity contribution in [3.63, 3.8) is 0 Å². The quantitative estimate of drug-likeness (QED) is 0.630. The van der Waals surface area contributed by atoms with Gasteiger partial charge >= 0.3 is 0 Å². The zero-order valence-corrected chi connectivity index (χ0v) is 10.8. The van der Waals surface area contributed by atoms with E-state index in [9.17, 15) is 0 Å². The molecular formula is C11H25NSi. The van der Waals surface area contributed by atoms with Gasteiger partial charge in [-0.15, -0.1) is 0 Å². The summed E-state index contributed by atoms with van der Waals surface area (Å²) in [6.07, 6.45) is 5.74. The summed E-state index contributed by atoms with van der Waals surface area (Å²) >= 11 is 0. The average Bonchev–Trinajstić information content (AvgIpc) is 2.04. The van der Waals surface area contributed by atoms with E-state index in [0.29, 0.717) is 0 Å². The number of hydrogen-bond donors (Lipinski definition) is 0. The lowest BCUT2D eigenvalue weighted by molar-refractivity contribution is 0.257. The molecule has 0 unspecified atom stereocenters. The van der Waals surface area contributed by atoms with Crippen molar-refractivity contribution in [2.24, 2.45) is 5.92 Å². The van der Waals surface area contributed by atoms with Gasteiger partial charge in [-0.3, -0.25) is 0 Å². The summed E-state index contributed by atoms with van der Waals surface area (Å²) in [6.45, 7) is 12.5. The summed E-state index contributed by atoms with van der Waals surface area (Å²) in [7, 11) is -0.976. The van der Waals surface area contributed by atoms with Gasteiger partial charge in [0.15, 0.2) is 0 Å². The monoisotopic (exact) mass is 199 g/mol. The zero-order valence-electron chi connectivity index (χ0n) is 9.77. The van der Waals surface area contributed by atoms with Crippen LogP contribution >= 0.6 is 0 Å². The largest absolute Gasteiger partial charge is 0.324 e. The van der Waals surface area contributed by atoms with Crippen LogP contribution < -0.4 is 0 Å². The van der Waals surface area contributed by atoms with Gasteiger partial charge in [0.25, 0.3) is 0 Å². The van der Waals surface area contributed by atoms with Crippen LogP contribution in [-0.4, -0.2) is 25.9 Å². The molecule has 0 aliphatic carbocycles. The van der Waals surface area contributed by atoms with E-state index in [0.717, 1.165) is 5.92 Å². The lowest BCUT2D eigenvalue weighted by atomic mass is 9.94. The van der Waals surface area contributed by atoms with E-state index >= 15 is 0 Å². The third-order valence-corrected chi connectivity index (χ3v) is 5.60. The minimum Gasteiger partial charge on any atom is -0.324 e. The van der Waals surface area contributed by atoms with E-state index in [1.807, 2.05) is 0 Å². The van der Waals surface area contributed by atoms with Crippen LogP contribution in [0.25, 0.3) is 0 Å². The molecule has 0 aromatic heterocycles. The molecule has 0 radical (unpaired) electrons. The molecule has 1 saturated heterocycles. The van der Waals surface area contributed by atoms with Gasteiger partial charge in [0.05, 0.1) is 0 Å². The Bertz CT molecular complexity index is 143. The smallest absolute Gasteiger partial charge is 0.119 e. The normalized spacial score (nSPS) is 22.2. The molecule has 78 valence electrons. The minimum atomic E-state index is -0.976. The third-order valence-electron chi connectivity index (χ3n) is 3.26. The molecule has 1 aliphatic heterocycles. The minimum absolute atomic E-state index is 0.976. The first-order chi connectivity index (χ1) is 6.04. The average molecular weight is 199 g/mol. The van der Waals surface area contributed by atoms with Crippen molar-refractivity contribution in [1.29, 1.82) is 0 Å². The maximum atomic E-state index is 2.76. The SMILES string of the molecule is CCCC1CCN([Si](C)(C)C)CC1. The predicted octanol–water partition coefficient (Wildman–Crippen LogP) is 3.33. The van der Waals surface area contributed by atoms with Crippen molar-refractivity contribution < 1.29 is 0 Å². The highest BCUT2D eigenvalue weighted by Crippen LogP contribution is 2.24. The molecule has 0 atom stereocenters. The summed E-state index contributed by atoms with van der Waals surface area (Å²) < 4.78 is 2.76. The summed E-state index contributed by atoms with van der Waals surface area (Å²) in [5.41, 5.74) is 0. The van der Waals surface area contributed by atoms with E-state index in [2.05, 4.69) is 31.1 Å². The van der Waals surface area contributed by atoms with E-state index in [1.54, 1.807) is 0 Å². The number of rotatable bonds is 3. The van der Waals surface area contributed by atoms with Crippen LogP contribution in [0, 0.1) is 5.92 Å². The van der Waals surface area contributed by atoms with Crippen LogP contribution in [0.5, 0.6) is 0 Å². The second-order valence-electron chi connectivity index (χ2n) is 5.39. The first kappa shape index (κ1) is 11.3. The molecule has 0 spiro atoms. The van der Waals surface area contributed by atoms with Crippen LogP contribution in [0.1, 0.15) is 32.6 Å². The molecule has 0 N–H and O–H groups in total. The van der Waals surface area contributed by atoms with Crippen molar-refractivity contribution in [3.05, 3.63) is 0 Å². The number of nitrogens with zero attached hydrogens (tertiary/aromatic N) is 1. The van der Waals surface area contributed by atoms with E-state index in [-0.39, 0.29) is 0 Å². The number of piperidine rings is 1. The van der Waals surface area contributed by atoms with E-state index < -0.39 is 8.24 Å². The molecular weight excluding hydrogens is 174 g/mol. The molecule has 1 heterocycles. The molecule has 1 rings (SSSR count). The first-order valence-corrected chi connectivity index (χ1v) is 9.24. The fraction of sp³-hybridized carbons (Fsp3) is 1.00. The van der Waals surface area contributed by atoms with Gasteiger partial charge in [-0.05, 0) is 31.8 Å². The van der Waals surface area contributed by atoms with Crippen molar-refractivity contribution in [2.75, 3.05) is 13.1 Å². The molecule has 0 saturated carbocycles. The molecule has 1 aliphatic rings. The second-order valence-corrected chi connectivity index (χ2v) is 10.4. The van der Waals surface area contributed by atoms with Crippen LogP contribution in [0.3, 0.4) is 0 Å². The Balaban J connectivity index is 2.30. The standard InChI is InChI=1S/C11H25NSi/c1-5-6-11-7-9-12(10-8-11)13(2,3)4/h11H,5-10H2,1-4H3. The Morgan fingerprint density at radius 3 is 2.08 bits per heavy atom. The van der Waals surface area contributed by atoms with E-state index in [4.69, 9.17) is 0 Å². The number of hydrogen-bond acceptors (Lipinski definition) is 1. The first-order valence-electron chi connectivity index (χ1n) is 5.79. The highest BCUT2D eigenvalue weighted by atomic mass is 28.3. The third kappa shape index (κ3) is 3.43. The fourth-order valence-corrected chi connectivity index (χ4v) is 3.90. The Morgan fingerprint density at radius 2 is 1.69 bits per heavy atom. The maximum absolute atomic E-state index is 2.76. The zero-order chi connectivity index (χ0) is 9.90. The van der Waals surface area contributed by atoms with E-state index in [1.165, 1.54) is 38.8 Å². The van der Waals surface area contributed by atoms with Gasteiger partial charge in [0, 0.05) is 0 Å². The van der Waals surface area contributed by atoms with Crippen LogP contribution in [-0.2, 0) is 0 Å². The topological polar surface area (TPSA) is 3.24 Å².